The fourth-order valence-electron chi connectivity index (χ4n) is 6.41. The molecule has 1 aromatic heterocycles. The number of hydrogen-bond acceptors (Lipinski definition) is 7. The Bertz CT molecular complexity index is 1670. The number of ether oxygens (including phenoxy) is 1. The summed E-state index contributed by atoms with van der Waals surface area (Å²) in [5.74, 6) is 1.26. The molecule has 1 aliphatic carbocycles. The molecular weight excluding hydrogens is 571 g/mol. The van der Waals surface area contributed by atoms with Gasteiger partial charge in [-0.3, -0.25) is 19.1 Å². The van der Waals surface area contributed by atoms with Crippen molar-refractivity contribution in [2.45, 2.75) is 70.9 Å². The predicted molar refractivity (Wildman–Crippen MR) is 174 cm³/mol. The van der Waals surface area contributed by atoms with Crippen LogP contribution in [0.15, 0.2) is 47.3 Å². The minimum atomic E-state index is -0.0745. The second-order valence-corrected chi connectivity index (χ2v) is 13.5. The third-order valence-corrected chi connectivity index (χ3v) is 11.1. The molecule has 3 aromatic rings. The molecule has 0 bridgehead atoms. The number of thiazole rings is 1. The van der Waals surface area contributed by atoms with E-state index in [1.165, 1.54) is 59.3 Å². The minimum Gasteiger partial charge on any atom is -0.497 e. The molecule has 6 nitrogen and oxygen atoms in total. The van der Waals surface area contributed by atoms with Crippen LogP contribution in [-0.4, -0.2) is 39.4 Å². The zero-order chi connectivity index (χ0) is 28.7. The molecule has 2 aliphatic heterocycles. The van der Waals surface area contributed by atoms with Crippen molar-refractivity contribution in [2.24, 2.45) is 0 Å². The lowest BCUT2D eigenvalue weighted by atomic mass is 9.96. The van der Waals surface area contributed by atoms with Gasteiger partial charge in [-0.25, -0.2) is 0 Å². The Balaban J connectivity index is 1.38. The highest BCUT2D eigenvalue weighted by Gasteiger charge is 2.42. The van der Waals surface area contributed by atoms with Crippen LogP contribution in [0.1, 0.15) is 69.4 Å². The van der Waals surface area contributed by atoms with Crippen molar-refractivity contribution in [3.05, 3.63) is 73.1 Å². The van der Waals surface area contributed by atoms with Crippen molar-refractivity contribution < 1.29 is 9.53 Å². The summed E-state index contributed by atoms with van der Waals surface area (Å²) in [5.41, 5.74) is 4.76. The molecule has 3 aliphatic rings. The summed E-state index contributed by atoms with van der Waals surface area (Å²) >= 11 is 8.28. The van der Waals surface area contributed by atoms with Gasteiger partial charge >= 0.3 is 0 Å². The van der Waals surface area contributed by atoms with E-state index in [1.54, 1.807) is 16.6 Å². The molecule has 214 valence electrons. The zero-order valence-electron chi connectivity index (χ0n) is 23.7. The number of fused-ring (bicyclic) bond motifs is 3. The fraction of sp³-hybridized carbons (Fsp3) is 0.406. The molecular formula is C32H35N3O3S3. The molecule has 6 rings (SSSR count). The summed E-state index contributed by atoms with van der Waals surface area (Å²) in [6.07, 6.45) is 8.62. The molecule has 1 saturated carbocycles. The molecule has 2 aromatic carbocycles. The maximum atomic E-state index is 13.5. The van der Waals surface area contributed by atoms with Crippen LogP contribution in [-0.2, 0) is 11.3 Å². The smallest absolute Gasteiger partial charge is 0.269 e. The summed E-state index contributed by atoms with van der Waals surface area (Å²) < 4.78 is 9.04. The molecule has 0 N–H and O–H groups in total. The van der Waals surface area contributed by atoms with Gasteiger partial charge in [0.25, 0.3) is 11.5 Å². The number of methoxy groups -OCH3 is 1. The summed E-state index contributed by atoms with van der Waals surface area (Å²) in [6, 6.07) is 15.4. The highest BCUT2D eigenvalue weighted by Crippen LogP contribution is 2.52. The monoisotopic (exact) mass is 605 g/mol. The Kier molecular flexibility index (Phi) is 8.12. The van der Waals surface area contributed by atoms with E-state index in [9.17, 15) is 9.59 Å². The summed E-state index contributed by atoms with van der Waals surface area (Å²) in [5, 5.41) is 0. The van der Waals surface area contributed by atoms with Gasteiger partial charge in [-0.05, 0) is 79.8 Å². The first-order chi connectivity index (χ1) is 19.9. The van der Waals surface area contributed by atoms with E-state index in [1.807, 2.05) is 25.1 Å². The van der Waals surface area contributed by atoms with Crippen LogP contribution in [0.2, 0.25) is 0 Å². The SMILES string of the molecule is CCCCCN1C(=O)/C(=c2\s/c(=C/c3ccc4c(c3)C3CCCC3N4c3ccc(OC)cc3)c(=O)n2CC)SC1=S. The predicted octanol–water partition coefficient (Wildman–Crippen LogP) is 5.71. The molecule has 3 heterocycles. The van der Waals surface area contributed by atoms with Crippen LogP contribution >= 0.6 is 35.3 Å². The second-order valence-electron chi connectivity index (χ2n) is 10.8. The van der Waals surface area contributed by atoms with E-state index in [2.05, 4.69) is 42.2 Å². The molecule has 2 fully saturated rings. The lowest BCUT2D eigenvalue weighted by Crippen LogP contribution is -2.33. The van der Waals surface area contributed by atoms with E-state index in [4.69, 9.17) is 17.0 Å². The van der Waals surface area contributed by atoms with Gasteiger partial charge < -0.3 is 9.64 Å². The molecule has 9 heteroatoms. The Labute approximate surface area is 254 Å². The van der Waals surface area contributed by atoms with E-state index < -0.39 is 0 Å². The summed E-state index contributed by atoms with van der Waals surface area (Å²) in [6.45, 7) is 5.23. The van der Waals surface area contributed by atoms with Gasteiger partial charge in [-0.15, -0.1) is 11.3 Å². The Morgan fingerprint density at radius 2 is 1.88 bits per heavy atom. The topological polar surface area (TPSA) is 54.8 Å². The summed E-state index contributed by atoms with van der Waals surface area (Å²) in [4.78, 5) is 31.6. The van der Waals surface area contributed by atoms with Gasteiger partial charge in [0.2, 0.25) is 0 Å². The largest absolute Gasteiger partial charge is 0.497 e. The number of unbranched alkanes of at least 4 members (excludes halogenated alkanes) is 2. The van der Waals surface area contributed by atoms with E-state index >= 15 is 0 Å². The maximum absolute atomic E-state index is 13.5. The van der Waals surface area contributed by atoms with E-state index in [0.29, 0.717) is 43.5 Å². The van der Waals surface area contributed by atoms with Crippen molar-refractivity contribution in [3.8, 4) is 5.75 Å². The molecule has 2 atom stereocenters. The van der Waals surface area contributed by atoms with Gasteiger partial charge in [0.05, 0.1) is 11.6 Å². The lowest BCUT2D eigenvalue weighted by Gasteiger charge is -2.27. The van der Waals surface area contributed by atoms with Gasteiger partial charge in [-0.1, -0.05) is 56.2 Å². The number of benzene rings is 2. The van der Waals surface area contributed by atoms with Crippen LogP contribution in [0.3, 0.4) is 0 Å². The van der Waals surface area contributed by atoms with Crippen molar-refractivity contribution >= 4 is 67.9 Å². The van der Waals surface area contributed by atoms with Gasteiger partial charge in [0, 0.05) is 36.4 Å². The number of carbonyl (C=O) groups excluding carboxylic acids is 1. The van der Waals surface area contributed by atoms with Crippen LogP contribution in [0.5, 0.6) is 5.75 Å². The average Bonchev–Trinajstić information content (AvgIpc) is 3.72. The Morgan fingerprint density at radius 3 is 2.61 bits per heavy atom. The standard InChI is InChI=1S/C32H35N3O3S3/c1-4-6-7-17-34-30(37)28(41-32(34)39)31-33(5-2)29(36)27(40-31)19-20-11-16-26-24(18-20)23-9-8-10-25(23)35(26)21-12-14-22(38-3)15-13-21/h11-16,18-19,23,25H,4-10,17H2,1-3H3/b27-19+,31-28+. The first kappa shape index (κ1) is 28.2. The molecule has 1 amide bonds. The fourth-order valence-corrected chi connectivity index (χ4v) is 9.04. The highest BCUT2D eigenvalue weighted by atomic mass is 32.2. The molecule has 1 saturated heterocycles. The van der Waals surface area contributed by atoms with Crippen LogP contribution in [0.25, 0.3) is 11.0 Å². The number of hydrogen-bond donors (Lipinski definition) is 0. The van der Waals surface area contributed by atoms with Crippen molar-refractivity contribution in [1.29, 1.82) is 0 Å². The minimum absolute atomic E-state index is 0.0529. The van der Waals surface area contributed by atoms with Gasteiger partial charge in [-0.2, -0.15) is 0 Å². The normalized spacial score (nSPS) is 21.7. The van der Waals surface area contributed by atoms with Crippen LogP contribution in [0, 0.1) is 0 Å². The van der Waals surface area contributed by atoms with Crippen molar-refractivity contribution in [2.75, 3.05) is 18.6 Å². The number of amides is 1. The zero-order valence-corrected chi connectivity index (χ0v) is 26.2. The molecule has 41 heavy (non-hydrogen) atoms. The highest BCUT2D eigenvalue weighted by molar-refractivity contribution is 8.30. The molecule has 0 radical (unpaired) electrons. The van der Waals surface area contributed by atoms with E-state index in [-0.39, 0.29) is 11.5 Å². The van der Waals surface area contributed by atoms with Crippen LogP contribution in [0.4, 0.5) is 11.4 Å². The van der Waals surface area contributed by atoms with Crippen molar-refractivity contribution in [3.63, 3.8) is 0 Å². The summed E-state index contributed by atoms with van der Waals surface area (Å²) in [7, 11) is 1.69. The number of nitrogens with zero attached hydrogens (tertiary/aromatic N) is 3. The van der Waals surface area contributed by atoms with Crippen LogP contribution < -0.4 is 24.4 Å². The molecule has 0 spiro atoms. The Morgan fingerprint density at radius 1 is 1.07 bits per heavy atom. The quantitative estimate of drug-likeness (QED) is 0.242. The number of aromatic nitrogens is 1. The van der Waals surface area contributed by atoms with Gasteiger partial charge in [0.1, 0.15) is 19.6 Å². The number of rotatable bonds is 8. The number of anilines is 2. The first-order valence-electron chi connectivity index (χ1n) is 14.5. The third-order valence-electron chi connectivity index (χ3n) is 8.42. The van der Waals surface area contributed by atoms with E-state index in [0.717, 1.165) is 30.6 Å². The van der Waals surface area contributed by atoms with Gasteiger partial charge in [0.15, 0.2) is 0 Å². The van der Waals surface area contributed by atoms with Crippen molar-refractivity contribution in [1.82, 2.24) is 9.47 Å². The average molecular weight is 606 g/mol. The number of carbonyl (C=O) groups is 1. The molecule has 2 unspecified atom stereocenters. The first-order valence-corrected chi connectivity index (χ1v) is 16.6. The number of thiocarbonyl (C=S) groups is 1. The lowest BCUT2D eigenvalue weighted by molar-refractivity contribution is -0.120. The Hall–Kier alpha value is -2.88. The third kappa shape index (κ3) is 5.06. The number of thioether (sulfide) groups is 1. The second kappa shape index (κ2) is 11.8. The maximum Gasteiger partial charge on any atom is 0.269 e.